The summed E-state index contributed by atoms with van der Waals surface area (Å²) in [7, 11) is 0. The Labute approximate surface area is 119 Å². The molecule has 106 valence electrons. The van der Waals surface area contributed by atoms with Crippen LogP contribution in [0.2, 0.25) is 0 Å². The van der Waals surface area contributed by atoms with Gasteiger partial charge in [0.1, 0.15) is 12.4 Å². The maximum absolute atomic E-state index is 9.94. The molecule has 1 aliphatic heterocycles. The fourth-order valence-electron chi connectivity index (χ4n) is 2.70. The van der Waals surface area contributed by atoms with Gasteiger partial charge in [-0.15, -0.1) is 0 Å². The third kappa shape index (κ3) is 2.65. The topological polar surface area (TPSA) is 38.7 Å². The van der Waals surface area contributed by atoms with Crippen LogP contribution in [0.25, 0.3) is 10.8 Å². The number of ether oxygens (including phenoxy) is 2. The van der Waals surface area contributed by atoms with Crippen molar-refractivity contribution < 1.29 is 14.6 Å². The summed E-state index contributed by atoms with van der Waals surface area (Å²) < 4.78 is 11.6. The molecule has 0 radical (unpaired) electrons. The first-order chi connectivity index (χ1) is 9.75. The average Bonchev–Trinajstić information content (AvgIpc) is 2.97. The molecule has 0 spiro atoms. The predicted octanol–water partition coefficient (Wildman–Crippen LogP) is 3.45. The van der Waals surface area contributed by atoms with Crippen molar-refractivity contribution in [3.05, 3.63) is 42.0 Å². The Bertz CT molecular complexity index is 586. The molecule has 3 rings (SSSR count). The molecule has 0 aliphatic carbocycles. The van der Waals surface area contributed by atoms with E-state index in [1.807, 2.05) is 30.3 Å². The first kappa shape index (κ1) is 13.4. The smallest absolute Gasteiger partial charge is 0.133 e. The second-order valence-corrected chi connectivity index (χ2v) is 5.33. The number of aliphatic hydroxyl groups is 1. The van der Waals surface area contributed by atoms with Crippen molar-refractivity contribution in [1.82, 2.24) is 0 Å². The molecular weight excluding hydrogens is 252 g/mol. The van der Waals surface area contributed by atoms with Crippen molar-refractivity contribution in [2.75, 3.05) is 13.2 Å². The molecule has 1 aliphatic rings. The second-order valence-electron chi connectivity index (χ2n) is 5.33. The summed E-state index contributed by atoms with van der Waals surface area (Å²) in [6.45, 7) is 3.14. The average molecular weight is 272 g/mol. The van der Waals surface area contributed by atoms with Gasteiger partial charge in [0.05, 0.1) is 12.2 Å². The van der Waals surface area contributed by atoms with Crippen LogP contribution < -0.4 is 4.74 Å². The highest BCUT2D eigenvalue weighted by atomic mass is 16.5. The molecule has 0 bridgehead atoms. The number of rotatable bonds is 4. The molecule has 20 heavy (non-hydrogen) atoms. The Morgan fingerprint density at radius 1 is 1.30 bits per heavy atom. The van der Waals surface area contributed by atoms with E-state index in [0.29, 0.717) is 6.61 Å². The van der Waals surface area contributed by atoms with Crippen molar-refractivity contribution in [2.24, 2.45) is 0 Å². The second kappa shape index (κ2) is 5.81. The van der Waals surface area contributed by atoms with Crippen LogP contribution in [0.5, 0.6) is 5.75 Å². The van der Waals surface area contributed by atoms with E-state index < -0.39 is 6.10 Å². The molecule has 2 atom stereocenters. The van der Waals surface area contributed by atoms with Crippen molar-refractivity contribution >= 4 is 10.8 Å². The number of hydrogen-bond donors (Lipinski definition) is 1. The maximum Gasteiger partial charge on any atom is 0.133 e. The molecule has 2 aromatic carbocycles. The maximum atomic E-state index is 9.94. The predicted molar refractivity (Wildman–Crippen MR) is 79.1 cm³/mol. The van der Waals surface area contributed by atoms with E-state index in [4.69, 9.17) is 9.47 Å². The zero-order valence-corrected chi connectivity index (χ0v) is 11.7. The third-order valence-corrected chi connectivity index (χ3v) is 3.80. The highest BCUT2D eigenvalue weighted by molar-refractivity contribution is 5.89. The van der Waals surface area contributed by atoms with Crippen LogP contribution in [-0.4, -0.2) is 24.4 Å². The molecule has 0 saturated carbocycles. The Kier molecular flexibility index (Phi) is 3.90. The van der Waals surface area contributed by atoms with E-state index in [1.165, 1.54) is 0 Å². The van der Waals surface area contributed by atoms with Crippen LogP contribution in [0.1, 0.15) is 31.4 Å². The Morgan fingerprint density at radius 3 is 2.90 bits per heavy atom. The van der Waals surface area contributed by atoms with E-state index in [-0.39, 0.29) is 6.10 Å². The summed E-state index contributed by atoms with van der Waals surface area (Å²) in [4.78, 5) is 0. The monoisotopic (exact) mass is 272 g/mol. The number of hydrogen-bond acceptors (Lipinski definition) is 3. The van der Waals surface area contributed by atoms with Crippen LogP contribution >= 0.6 is 0 Å². The minimum absolute atomic E-state index is 0.177. The molecule has 0 amide bonds. The van der Waals surface area contributed by atoms with Crippen molar-refractivity contribution in [1.29, 1.82) is 0 Å². The van der Waals surface area contributed by atoms with Crippen LogP contribution in [0, 0.1) is 0 Å². The molecule has 3 nitrogen and oxygen atoms in total. The summed E-state index contributed by atoms with van der Waals surface area (Å²) in [5, 5.41) is 12.1. The molecule has 0 aromatic heterocycles. The van der Waals surface area contributed by atoms with Crippen LogP contribution in [-0.2, 0) is 4.74 Å². The summed E-state index contributed by atoms with van der Waals surface area (Å²) in [6, 6.07) is 12.1. The zero-order chi connectivity index (χ0) is 13.9. The first-order valence-electron chi connectivity index (χ1n) is 7.20. The van der Waals surface area contributed by atoms with Gasteiger partial charge < -0.3 is 14.6 Å². The Morgan fingerprint density at radius 2 is 2.15 bits per heavy atom. The summed E-state index contributed by atoms with van der Waals surface area (Å²) in [5.41, 5.74) is 0.835. The molecule has 1 fully saturated rings. The van der Waals surface area contributed by atoms with Crippen LogP contribution in [0.3, 0.4) is 0 Å². The number of aliphatic hydroxyl groups excluding tert-OH is 1. The Balaban J connectivity index is 1.94. The SMILES string of the molecule is C[C@H](O)c1ccc2ccccc2c1OCC1CCCO1. The molecule has 1 saturated heterocycles. The lowest BCUT2D eigenvalue weighted by atomic mass is 10.0. The number of benzene rings is 2. The van der Waals surface area contributed by atoms with Crippen LogP contribution in [0.4, 0.5) is 0 Å². The Hall–Kier alpha value is -1.58. The van der Waals surface area contributed by atoms with E-state index in [9.17, 15) is 5.11 Å². The molecular formula is C17H20O3. The zero-order valence-electron chi connectivity index (χ0n) is 11.7. The van der Waals surface area contributed by atoms with Gasteiger partial charge in [0, 0.05) is 17.6 Å². The van der Waals surface area contributed by atoms with Crippen molar-refractivity contribution in [2.45, 2.75) is 32.0 Å². The van der Waals surface area contributed by atoms with E-state index >= 15 is 0 Å². The van der Waals surface area contributed by atoms with Gasteiger partial charge in [-0.25, -0.2) is 0 Å². The minimum Gasteiger partial charge on any atom is -0.490 e. The number of fused-ring (bicyclic) bond motifs is 1. The van der Waals surface area contributed by atoms with E-state index in [1.54, 1.807) is 6.92 Å². The summed E-state index contributed by atoms with van der Waals surface area (Å²) in [6.07, 6.45) is 1.79. The van der Waals surface area contributed by atoms with Gasteiger partial charge in [-0.3, -0.25) is 0 Å². The van der Waals surface area contributed by atoms with Crippen molar-refractivity contribution in [3.8, 4) is 5.75 Å². The molecule has 3 heteroatoms. The van der Waals surface area contributed by atoms with E-state index in [2.05, 4.69) is 6.07 Å². The first-order valence-corrected chi connectivity index (χ1v) is 7.20. The fraction of sp³-hybridized carbons (Fsp3) is 0.412. The van der Waals surface area contributed by atoms with Crippen molar-refractivity contribution in [3.63, 3.8) is 0 Å². The van der Waals surface area contributed by atoms with Gasteiger partial charge in [0.25, 0.3) is 0 Å². The van der Waals surface area contributed by atoms with Gasteiger partial charge in [-0.1, -0.05) is 36.4 Å². The highest BCUT2D eigenvalue weighted by Gasteiger charge is 2.19. The summed E-state index contributed by atoms with van der Waals surface area (Å²) >= 11 is 0. The largest absolute Gasteiger partial charge is 0.490 e. The fourth-order valence-corrected chi connectivity index (χ4v) is 2.70. The molecule has 1 N–H and O–H groups in total. The van der Waals surface area contributed by atoms with Gasteiger partial charge in [0.2, 0.25) is 0 Å². The van der Waals surface area contributed by atoms with Gasteiger partial charge in [0.15, 0.2) is 0 Å². The standard InChI is InChI=1S/C17H20O3/c1-12(18)15-9-8-13-5-2-3-7-16(13)17(15)20-11-14-6-4-10-19-14/h2-3,5,7-9,12,14,18H,4,6,10-11H2,1H3/t12-,14?/m0/s1. The lowest BCUT2D eigenvalue weighted by Crippen LogP contribution is -2.17. The van der Waals surface area contributed by atoms with Gasteiger partial charge in [-0.2, -0.15) is 0 Å². The molecule has 1 unspecified atom stereocenters. The highest BCUT2D eigenvalue weighted by Crippen LogP contribution is 2.34. The normalized spacial score (nSPS) is 20.2. The van der Waals surface area contributed by atoms with Gasteiger partial charge in [-0.05, 0) is 25.2 Å². The van der Waals surface area contributed by atoms with Gasteiger partial charge >= 0.3 is 0 Å². The quantitative estimate of drug-likeness (QED) is 0.926. The lowest BCUT2D eigenvalue weighted by molar-refractivity contribution is 0.0670. The lowest BCUT2D eigenvalue weighted by Gasteiger charge is -2.18. The minimum atomic E-state index is -0.542. The molecule has 1 heterocycles. The van der Waals surface area contributed by atoms with E-state index in [0.717, 1.165) is 41.5 Å². The molecule has 2 aromatic rings. The summed E-state index contributed by atoms with van der Waals surface area (Å²) in [5.74, 6) is 0.786. The van der Waals surface area contributed by atoms with Crippen LogP contribution in [0.15, 0.2) is 36.4 Å². The third-order valence-electron chi connectivity index (χ3n) is 3.80.